The first-order chi connectivity index (χ1) is 12.2. The summed E-state index contributed by atoms with van der Waals surface area (Å²) in [4.78, 5) is 25.1. The molecule has 2 saturated heterocycles. The molecule has 9 atom stereocenters. The van der Waals surface area contributed by atoms with Crippen molar-refractivity contribution in [2.45, 2.75) is 63.6 Å². The topological polar surface area (TPSA) is 106 Å². The summed E-state index contributed by atoms with van der Waals surface area (Å²) in [6, 6.07) is 0. The van der Waals surface area contributed by atoms with Gasteiger partial charge in [-0.15, -0.1) is 0 Å². The summed E-state index contributed by atoms with van der Waals surface area (Å²) >= 11 is 0. The highest BCUT2D eigenvalue weighted by Crippen LogP contribution is 2.72. The monoisotopic (exact) mass is 364 g/mol. The van der Waals surface area contributed by atoms with Crippen LogP contribution in [0.4, 0.5) is 0 Å². The maximum atomic E-state index is 12.7. The highest BCUT2D eigenvalue weighted by atomic mass is 16.7. The van der Waals surface area contributed by atoms with Crippen molar-refractivity contribution in [1.29, 1.82) is 0 Å². The molecule has 5 rings (SSSR count). The van der Waals surface area contributed by atoms with Crippen molar-refractivity contribution in [1.82, 2.24) is 0 Å². The molecule has 7 heteroatoms. The molecule has 3 heterocycles. The van der Waals surface area contributed by atoms with Crippen LogP contribution in [0.2, 0.25) is 0 Å². The van der Waals surface area contributed by atoms with E-state index >= 15 is 0 Å². The van der Waals surface area contributed by atoms with Crippen LogP contribution in [0.25, 0.3) is 0 Å². The van der Waals surface area contributed by atoms with Gasteiger partial charge < -0.3 is 24.4 Å². The van der Waals surface area contributed by atoms with Crippen molar-refractivity contribution < 1.29 is 34.0 Å². The predicted octanol–water partition coefficient (Wildman–Crippen LogP) is 0.327. The second-order valence-electron chi connectivity index (χ2n) is 9.15. The third kappa shape index (κ3) is 1.66. The number of aliphatic hydroxyl groups excluding tert-OH is 2. The van der Waals surface area contributed by atoms with Gasteiger partial charge in [0.1, 0.15) is 18.3 Å². The van der Waals surface area contributed by atoms with Crippen LogP contribution in [0.3, 0.4) is 0 Å². The first-order valence-corrected chi connectivity index (χ1v) is 9.29. The fourth-order valence-electron chi connectivity index (χ4n) is 6.59. The minimum Gasteiger partial charge on any atom is -0.459 e. The first kappa shape index (κ1) is 16.7. The van der Waals surface area contributed by atoms with Crippen LogP contribution in [-0.2, 0) is 23.8 Å². The molecule has 2 saturated carbocycles. The van der Waals surface area contributed by atoms with E-state index < -0.39 is 40.7 Å². The Labute approximate surface area is 151 Å². The fraction of sp³-hybridized carbons (Fsp3) is 0.789. The summed E-state index contributed by atoms with van der Waals surface area (Å²) in [6.45, 7) is 5.51. The summed E-state index contributed by atoms with van der Waals surface area (Å²) in [5.41, 5.74) is -1.48. The van der Waals surface area contributed by atoms with E-state index in [9.17, 15) is 19.8 Å². The maximum absolute atomic E-state index is 12.7. The Morgan fingerprint density at radius 1 is 1.23 bits per heavy atom. The molecular weight excluding hydrogens is 340 g/mol. The number of carbonyl (C=O) groups excluding carboxylic acids is 2. The van der Waals surface area contributed by atoms with Crippen LogP contribution in [0.5, 0.6) is 0 Å². The smallest absolute Gasteiger partial charge is 0.331 e. The zero-order chi connectivity index (χ0) is 18.6. The number of epoxide rings is 1. The minimum atomic E-state index is -0.867. The lowest BCUT2D eigenvalue weighted by Gasteiger charge is -2.55. The van der Waals surface area contributed by atoms with Gasteiger partial charge in [0, 0.05) is 29.9 Å². The van der Waals surface area contributed by atoms with Crippen LogP contribution in [0, 0.1) is 22.7 Å². The SMILES string of the molecule is CC(CO)C1OC(=O)C=C2[C@@]13O[C@@H]3C1OC(=O)[C@@]3(C)C[C@@H](O)C[C@@]2(C)C13. The lowest BCUT2D eigenvalue weighted by molar-refractivity contribution is -0.156. The third-order valence-corrected chi connectivity index (χ3v) is 7.48. The molecule has 142 valence electrons. The molecule has 0 bridgehead atoms. The minimum absolute atomic E-state index is 0.145. The average molecular weight is 364 g/mol. The molecule has 2 N–H and O–H groups in total. The van der Waals surface area contributed by atoms with Gasteiger partial charge in [0.25, 0.3) is 0 Å². The Kier molecular flexibility index (Phi) is 3.02. The molecule has 0 aromatic carbocycles. The molecule has 0 radical (unpaired) electrons. The maximum Gasteiger partial charge on any atom is 0.331 e. The van der Waals surface area contributed by atoms with Gasteiger partial charge in [0.2, 0.25) is 0 Å². The number of ether oxygens (including phenoxy) is 3. The number of esters is 2. The van der Waals surface area contributed by atoms with Crippen LogP contribution in [0.1, 0.15) is 33.6 Å². The number of hydrogen-bond donors (Lipinski definition) is 2. The standard InChI is InChI=1S/C19H24O7/c1-8(7-20)14-19-10(4-11(22)24-14)17(2)5-9(21)6-18(3)13(17)12(15(19)26-19)25-16(18)23/h4,8-9,12-15,20-21H,5-7H2,1-3H3/t8?,9-,12?,13?,14?,15+,17+,18-,19+/m0/s1. The molecule has 4 unspecified atom stereocenters. The lowest BCUT2D eigenvalue weighted by Crippen LogP contribution is -2.62. The van der Waals surface area contributed by atoms with E-state index in [1.807, 2.05) is 20.8 Å². The zero-order valence-electron chi connectivity index (χ0n) is 15.1. The first-order valence-electron chi connectivity index (χ1n) is 9.29. The lowest BCUT2D eigenvalue weighted by atomic mass is 9.46. The third-order valence-electron chi connectivity index (χ3n) is 7.48. The van der Waals surface area contributed by atoms with E-state index in [-0.39, 0.29) is 30.5 Å². The van der Waals surface area contributed by atoms with Gasteiger partial charge in [-0.3, -0.25) is 4.79 Å². The molecule has 3 aliphatic heterocycles. The van der Waals surface area contributed by atoms with Crippen molar-refractivity contribution in [3.63, 3.8) is 0 Å². The van der Waals surface area contributed by atoms with E-state index in [1.54, 1.807) is 0 Å². The zero-order valence-corrected chi connectivity index (χ0v) is 15.1. The van der Waals surface area contributed by atoms with E-state index in [0.717, 1.165) is 5.57 Å². The molecule has 1 spiro atoms. The number of carbonyl (C=O) groups is 2. The second-order valence-corrected chi connectivity index (χ2v) is 9.15. The van der Waals surface area contributed by atoms with Crippen molar-refractivity contribution in [3.8, 4) is 0 Å². The fourth-order valence-corrected chi connectivity index (χ4v) is 6.59. The number of aliphatic hydroxyl groups is 2. The van der Waals surface area contributed by atoms with E-state index in [1.165, 1.54) is 6.08 Å². The van der Waals surface area contributed by atoms with Crippen molar-refractivity contribution in [3.05, 3.63) is 11.6 Å². The van der Waals surface area contributed by atoms with Crippen LogP contribution < -0.4 is 0 Å². The van der Waals surface area contributed by atoms with Gasteiger partial charge in [-0.25, -0.2) is 4.79 Å². The number of cyclic esters (lactones) is 1. The van der Waals surface area contributed by atoms with Crippen LogP contribution >= 0.6 is 0 Å². The normalized spacial score (nSPS) is 55.0. The molecule has 5 aliphatic rings. The van der Waals surface area contributed by atoms with Gasteiger partial charge in [-0.2, -0.15) is 0 Å². The predicted molar refractivity (Wildman–Crippen MR) is 86.6 cm³/mol. The van der Waals surface area contributed by atoms with E-state index in [0.29, 0.717) is 12.8 Å². The molecule has 26 heavy (non-hydrogen) atoms. The van der Waals surface area contributed by atoms with Crippen molar-refractivity contribution in [2.75, 3.05) is 6.61 Å². The summed E-state index contributed by atoms with van der Waals surface area (Å²) in [5.74, 6) is -1.24. The molecular formula is C19H24O7. The second kappa shape index (κ2) is 4.69. The van der Waals surface area contributed by atoms with Gasteiger partial charge in [-0.05, 0) is 25.3 Å². The summed E-state index contributed by atoms with van der Waals surface area (Å²) in [7, 11) is 0. The Morgan fingerprint density at radius 2 is 1.92 bits per heavy atom. The van der Waals surface area contributed by atoms with Gasteiger partial charge in [-0.1, -0.05) is 13.8 Å². The molecule has 4 fully saturated rings. The summed E-state index contributed by atoms with van der Waals surface area (Å²) in [5, 5.41) is 20.2. The van der Waals surface area contributed by atoms with E-state index in [4.69, 9.17) is 14.2 Å². The largest absolute Gasteiger partial charge is 0.459 e. The highest BCUT2D eigenvalue weighted by Gasteiger charge is 2.83. The highest BCUT2D eigenvalue weighted by molar-refractivity contribution is 5.87. The summed E-state index contributed by atoms with van der Waals surface area (Å²) in [6.07, 6.45) is 0.193. The molecule has 0 aromatic rings. The Hall–Kier alpha value is -1.44. The Bertz CT molecular complexity index is 746. The summed E-state index contributed by atoms with van der Waals surface area (Å²) < 4.78 is 17.5. The number of rotatable bonds is 2. The number of fused-ring (bicyclic) bond motifs is 2. The Morgan fingerprint density at radius 3 is 2.62 bits per heavy atom. The van der Waals surface area contributed by atoms with Gasteiger partial charge >= 0.3 is 11.9 Å². The number of hydrogen-bond acceptors (Lipinski definition) is 7. The average Bonchev–Trinajstić information content (AvgIpc) is 3.23. The molecule has 0 aromatic heterocycles. The molecule has 7 nitrogen and oxygen atoms in total. The van der Waals surface area contributed by atoms with Crippen molar-refractivity contribution in [2.24, 2.45) is 22.7 Å². The quantitative estimate of drug-likeness (QED) is 0.537. The van der Waals surface area contributed by atoms with Crippen molar-refractivity contribution >= 4 is 11.9 Å². The van der Waals surface area contributed by atoms with E-state index in [2.05, 4.69) is 0 Å². The van der Waals surface area contributed by atoms with Crippen LogP contribution in [-0.4, -0.2) is 58.8 Å². The molecule has 2 aliphatic carbocycles. The van der Waals surface area contributed by atoms with Crippen LogP contribution in [0.15, 0.2) is 11.6 Å². The van der Waals surface area contributed by atoms with Gasteiger partial charge in [0.05, 0.1) is 11.5 Å². The molecule has 0 amide bonds. The van der Waals surface area contributed by atoms with Gasteiger partial charge in [0.15, 0.2) is 5.60 Å². The Balaban J connectivity index is 1.70.